The molecule has 0 saturated carbocycles. The third-order valence-electron chi connectivity index (χ3n) is 5.04. The quantitative estimate of drug-likeness (QED) is 0.708. The first-order chi connectivity index (χ1) is 14.0. The number of imidazole rings is 1. The normalized spacial score (nSPS) is 19.3. The summed E-state index contributed by atoms with van der Waals surface area (Å²) in [6.45, 7) is 8.44. The molecule has 4 rings (SSSR count). The van der Waals surface area contributed by atoms with E-state index in [0.717, 1.165) is 41.4 Å². The fourth-order valence-corrected chi connectivity index (χ4v) is 3.86. The van der Waals surface area contributed by atoms with Crippen LogP contribution in [-0.4, -0.2) is 47.3 Å². The fraction of sp³-hybridized carbons (Fsp3) is 0.364. The summed E-state index contributed by atoms with van der Waals surface area (Å²) < 4.78 is 7.92. The number of fused-ring (bicyclic) bond motifs is 1. The van der Waals surface area contributed by atoms with Crippen molar-refractivity contribution in [3.8, 4) is 11.3 Å². The summed E-state index contributed by atoms with van der Waals surface area (Å²) in [5.74, 6) is 0. The number of aromatic nitrogens is 2. The molecule has 2 amide bonds. The van der Waals surface area contributed by atoms with E-state index in [9.17, 15) is 4.79 Å². The van der Waals surface area contributed by atoms with Crippen LogP contribution in [-0.2, 0) is 4.74 Å². The van der Waals surface area contributed by atoms with E-state index in [-0.39, 0.29) is 18.2 Å². The molecule has 1 fully saturated rings. The molecule has 1 aliphatic heterocycles. The lowest BCUT2D eigenvalue weighted by Gasteiger charge is -2.36. The van der Waals surface area contributed by atoms with Crippen LogP contribution in [0, 0.1) is 0 Å². The Bertz CT molecular complexity index is 1010. The van der Waals surface area contributed by atoms with E-state index in [4.69, 9.17) is 4.74 Å². The molecule has 7 nitrogen and oxygen atoms in total. The van der Waals surface area contributed by atoms with Crippen LogP contribution < -0.4 is 15.5 Å². The number of carbonyl (C=O) groups excluding carboxylic acids is 1. The van der Waals surface area contributed by atoms with Gasteiger partial charge in [-0.25, -0.2) is 9.78 Å². The number of benzene rings is 1. The van der Waals surface area contributed by atoms with Gasteiger partial charge in [-0.05, 0) is 39.0 Å². The van der Waals surface area contributed by atoms with Crippen LogP contribution in [0.15, 0.2) is 48.8 Å². The lowest BCUT2D eigenvalue weighted by atomic mass is 10.1. The van der Waals surface area contributed by atoms with Gasteiger partial charge in [-0.2, -0.15) is 0 Å². The second-order valence-electron chi connectivity index (χ2n) is 7.48. The standard InChI is InChI=1S/C22H27N5O2/c1-4-23-22(28)25-18-7-5-6-17(10-18)20-12-24-21-11-19(8-9-27(20)21)26-13-15(2)29-16(3)14-26/h5-12,15-16H,4,13-14H2,1-3H3,(H2,23,25,28)/t15-,16-/m1/s1. The molecule has 29 heavy (non-hydrogen) atoms. The molecule has 1 aromatic carbocycles. The minimum absolute atomic E-state index is 0.207. The highest BCUT2D eigenvalue weighted by Crippen LogP contribution is 2.27. The van der Waals surface area contributed by atoms with Crippen molar-refractivity contribution in [1.82, 2.24) is 14.7 Å². The van der Waals surface area contributed by atoms with Gasteiger partial charge < -0.3 is 20.3 Å². The molecule has 7 heteroatoms. The number of nitrogens with one attached hydrogen (secondary N) is 2. The first-order valence-electron chi connectivity index (χ1n) is 10.1. The number of hydrogen-bond acceptors (Lipinski definition) is 4. The van der Waals surface area contributed by atoms with Gasteiger partial charge in [0.2, 0.25) is 0 Å². The van der Waals surface area contributed by atoms with Crippen molar-refractivity contribution in [2.45, 2.75) is 33.0 Å². The molecule has 0 bridgehead atoms. The van der Waals surface area contributed by atoms with Crippen LogP contribution >= 0.6 is 0 Å². The Morgan fingerprint density at radius 3 is 2.76 bits per heavy atom. The number of rotatable bonds is 4. The summed E-state index contributed by atoms with van der Waals surface area (Å²) in [5.41, 5.74) is 4.77. The van der Waals surface area contributed by atoms with Crippen molar-refractivity contribution in [3.63, 3.8) is 0 Å². The number of nitrogens with zero attached hydrogens (tertiary/aromatic N) is 3. The topological polar surface area (TPSA) is 70.9 Å². The molecule has 0 spiro atoms. The van der Waals surface area contributed by atoms with E-state index in [1.54, 1.807) is 0 Å². The van der Waals surface area contributed by atoms with E-state index < -0.39 is 0 Å². The van der Waals surface area contributed by atoms with Gasteiger partial charge in [0.1, 0.15) is 5.65 Å². The summed E-state index contributed by atoms with van der Waals surface area (Å²) in [6.07, 6.45) is 4.35. The van der Waals surface area contributed by atoms with E-state index in [1.165, 1.54) is 0 Å². The minimum atomic E-state index is -0.207. The zero-order valence-electron chi connectivity index (χ0n) is 17.1. The Labute approximate surface area is 170 Å². The number of anilines is 2. The number of hydrogen-bond donors (Lipinski definition) is 2. The largest absolute Gasteiger partial charge is 0.372 e. The minimum Gasteiger partial charge on any atom is -0.372 e. The highest BCUT2D eigenvalue weighted by atomic mass is 16.5. The van der Waals surface area contributed by atoms with Gasteiger partial charge in [0.05, 0.1) is 24.1 Å². The maximum Gasteiger partial charge on any atom is 0.319 e. The van der Waals surface area contributed by atoms with Crippen LogP contribution in [0.2, 0.25) is 0 Å². The van der Waals surface area contributed by atoms with E-state index in [1.807, 2.05) is 37.4 Å². The maximum atomic E-state index is 11.8. The number of urea groups is 1. The number of pyridine rings is 1. The third kappa shape index (κ3) is 4.19. The van der Waals surface area contributed by atoms with Gasteiger partial charge in [-0.1, -0.05) is 12.1 Å². The van der Waals surface area contributed by atoms with Crippen molar-refractivity contribution in [2.75, 3.05) is 29.9 Å². The van der Waals surface area contributed by atoms with Gasteiger partial charge in [-0.3, -0.25) is 4.40 Å². The lowest BCUT2D eigenvalue weighted by Crippen LogP contribution is -2.45. The van der Waals surface area contributed by atoms with Gasteiger partial charge in [0.25, 0.3) is 0 Å². The smallest absolute Gasteiger partial charge is 0.319 e. The first kappa shape index (κ1) is 19.3. The van der Waals surface area contributed by atoms with Gasteiger partial charge in [-0.15, -0.1) is 0 Å². The molecule has 0 radical (unpaired) electrons. The van der Waals surface area contributed by atoms with E-state index >= 15 is 0 Å². The fourth-order valence-electron chi connectivity index (χ4n) is 3.86. The summed E-state index contributed by atoms with van der Waals surface area (Å²) in [4.78, 5) is 18.8. The maximum absolute atomic E-state index is 11.8. The molecule has 3 aromatic rings. The first-order valence-corrected chi connectivity index (χ1v) is 10.1. The molecule has 2 aromatic heterocycles. The van der Waals surface area contributed by atoms with Gasteiger partial charge in [0.15, 0.2) is 0 Å². The molecular formula is C22H27N5O2. The predicted octanol–water partition coefficient (Wildman–Crippen LogP) is 3.76. The van der Waals surface area contributed by atoms with Gasteiger partial charge in [0, 0.05) is 48.8 Å². The molecular weight excluding hydrogens is 366 g/mol. The van der Waals surface area contributed by atoms with E-state index in [2.05, 4.69) is 57.1 Å². The van der Waals surface area contributed by atoms with Crippen molar-refractivity contribution >= 4 is 23.1 Å². The number of ether oxygens (including phenoxy) is 1. The molecule has 2 atom stereocenters. The Morgan fingerprint density at radius 1 is 1.21 bits per heavy atom. The van der Waals surface area contributed by atoms with Crippen molar-refractivity contribution in [3.05, 3.63) is 48.8 Å². The molecule has 1 saturated heterocycles. The number of carbonyl (C=O) groups is 1. The summed E-state index contributed by atoms with van der Waals surface area (Å²) in [5, 5.41) is 5.60. The average Bonchev–Trinajstić information content (AvgIpc) is 3.11. The van der Waals surface area contributed by atoms with Gasteiger partial charge >= 0.3 is 6.03 Å². The molecule has 152 valence electrons. The van der Waals surface area contributed by atoms with Crippen LogP contribution in [0.1, 0.15) is 20.8 Å². The molecule has 3 heterocycles. The SMILES string of the molecule is CCNC(=O)Nc1cccc(-c2cnc3cc(N4C[C@@H](C)O[C@H](C)C4)ccn23)c1. The van der Waals surface area contributed by atoms with Crippen LogP contribution in [0.25, 0.3) is 16.9 Å². The second-order valence-corrected chi connectivity index (χ2v) is 7.48. The summed E-state index contributed by atoms with van der Waals surface area (Å²) in [6, 6.07) is 11.8. The predicted molar refractivity (Wildman–Crippen MR) is 116 cm³/mol. The molecule has 1 aliphatic rings. The van der Waals surface area contributed by atoms with E-state index in [0.29, 0.717) is 6.54 Å². The Morgan fingerprint density at radius 2 is 2.00 bits per heavy atom. The molecule has 2 N–H and O–H groups in total. The van der Waals surface area contributed by atoms with Crippen LogP contribution in [0.3, 0.4) is 0 Å². The molecule has 0 aliphatic carbocycles. The molecule has 0 unspecified atom stereocenters. The average molecular weight is 393 g/mol. The zero-order valence-corrected chi connectivity index (χ0v) is 17.1. The number of morpholine rings is 1. The highest BCUT2D eigenvalue weighted by molar-refractivity contribution is 5.90. The van der Waals surface area contributed by atoms with Crippen LogP contribution in [0.4, 0.5) is 16.2 Å². The van der Waals surface area contributed by atoms with Crippen molar-refractivity contribution in [1.29, 1.82) is 0 Å². The Kier molecular flexibility index (Phi) is 5.40. The second kappa shape index (κ2) is 8.13. The Balaban J connectivity index is 1.60. The third-order valence-corrected chi connectivity index (χ3v) is 5.04. The monoisotopic (exact) mass is 393 g/mol. The number of amides is 2. The summed E-state index contributed by atoms with van der Waals surface area (Å²) in [7, 11) is 0. The van der Waals surface area contributed by atoms with Crippen molar-refractivity contribution in [2.24, 2.45) is 0 Å². The zero-order chi connectivity index (χ0) is 20.4. The lowest BCUT2D eigenvalue weighted by molar-refractivity contribution is -0.00521. The van der Waals surface area contributed by atoms with Crippen molar-refractivity contribution < 1.29 is 9.53 Å². The summed E-state index contributed by atoms with van der Waals surface area (Å²) >= 11 is 0. The highest BCUT2D eigenvalue weighted by Gasteiger charge is 2.22. The van der Waals surface area contributed by atoms with Crippen LogP contribution in [0.5, 0.6) is 0 Å². The Hall–Kier alpha value is -3.06.